The molecule has 0 aliphatic carbocycles. The lowest BCUT2D eigenvalue weighted by Crippen LogP contribution is -1.84. The SMILES string of the molecule is CC=C(CC)CCC=C(CC)CCC=C(C)C.O=P(O)(O)O.O=P(O)(O)O. The molecule has 0 heterocycles. The van der Waals surface area contributed by atoms with E-state index in [4.69, 9.17) is 38.5 Å². The zero-order valence-corrected chi connectivity index (χ0v) is 18.7. The van der Waals surface area contributed by atoms with E-state index in [9.17, 15) is 0 Å². The molecule has 0 saturated heterocycles. The Morgan fingerprint density at radius 1 is 0.741 bits per heavy atom. The summed E-state index contributed by atoms with van der Waals surface area (Å²) in [7, 11) is -9.28. The van der Waals surface area contributed by atoms with Crippen LogP contribution in [-0.4, -0.2) is 29.4 Å². The second kappa shape index (κ2) is 17.5. The van der Waals surface area contributed by atoms with Crippen LogP contribution < -0.4 is 0 Å². The van der Waals surface area contributed by atoms with Gasteiger partial charge in [0, 0.05) is 0 Å². The second-order valence-corrected chi connectivity index (χ2v) is 7.95. The maximum atomic E-state index is 8.88. The first kappa shape index (κ1) is 31.1. The molecule has 0 spiro atoms. The normalized spacial score (nSPS) is 12.4. The van der Waals surface area contributed by atoms with Crippen molar-refractivity contribution in [1.29, 1.82) is 0 Å². The highest BCUT2D eigenvalue weighted by atomic mass is 31.2. The van der Waals surface area contributed by atoms with Crippen molar-refractivity contribution in [2.24, 2.45) is 0 Å². The van der Waals surface area contributed by atoms with Crippen molar-refractivity contribution in [3.8, 4) is 0 Å². The van der Waals surface area contributed by atoms with E-state index in [1.54, 1.807) is 11.1 Å². The Kier molecular flexibility index (Phi) is 20.2. The molecule has 0 radical (unpaired) electrons. The minimum atomic E-state index is -4.64. The van der Waals surface area contributed by atoms with Crippen molar-refractivity contribution in [3.63, 3.8) is 0 Å². The number of hydrogen-bond acceptors (Lipinski definition) is 2. The molecule has 0 atom stereocenters. The van der Waals surface area contributed by atoms with Crippen molar-refractivity contribution in [2.75, 3.05) is 0 Å². The fourth-order valence-corrected chi connectivity index (χ4v) is 1.96. The number of phosphoric acid groups is 2. The van der Waals surface area contributed by atoms with Gasteiger partial charge in [0.1, 0.15) is 0 Å². The fraction of sp³-hybridized carbons (Fsp3) is 0.647. The molecular weight excluding hydrogens is 394 g/mol. The third kappa shape index (κ3) is 46.0. The summed E-state index contributed by atoms with van der Waals surface area (Å²) in [6, 6.07) is 0. The van der Waals surface area contributed by atoms with Crippen molar-refractivity contribution >= 4 is 15.6 Å². The maximum absolute atomic E-state index is 8.88. The van der Waals surface area contributed by atoms with Gasteiger partial charge in [0.05, 0.1) is 0 Å². The monoisotopic (exact) mass is 430 g/mol. The van der Waals surface area contributed by atoms with Crippen LogP contribution in [0.2, 0.25) is 0 Å². The number of allylic oxidation sites excluding steroid dienone is 6. The summed E-state index contributed by atoms with van der Waals surface area (Å²) in [4.78, 5) is 43.1. The second-order valence-electron chi connectivity index (χ2n) is 5.90. The van der Waals surface area contributed by atoms with Crippen LogP contribution in [0.3, 0.4) is 0 Å². The molecule has 0 fully saturated rings. The van der Waals surface area contributed by atoms with Gasteiger partial charge in [-0.3, -0.25) is 0 Å². The van der Waals surface area contributed by atoms with Crippen molar-refractivity contribution in [2.45, 2.75) is 73.1 Å². The van der Waals surface area contributed by atoms with Gasteiger partial charge in [-0.2, -0.15) is 0 Å². The Hall–Kier alpha value is -0.560. The van der Waals surface area contributed by atoms with Gasteiger partial charge >= 0.3 is 15.6 Å². The summed E-state index contributed by atoms with van der Waals surface area (Å²) in [5, 5.41) is 0. The van der Waals surface area contributed by atoms with E-state index in [2.05, 4.69) is 52.8 Å². The lowest BCUT2D eigenvalue weighted by Gasteiger charge is -2.05. The molecule has 0 aromatic rings. The quantitative estimate of drug-likeness (QED) is 0.245. The Morgan fingerprint density at radius 3 is 1.37 bits per heavy atom. The summed E-state index contributed by atoms with van der Waals surface area (Å²) in [5.74, 6) is 0. The van der Waals surface area contributed by atoms with Crippen molar-refractivity contribution < 1.29 is 38.5 Å². The molecular formula is C17H36O8P2. The smallest absolute Gasteiger partial charge is 0.303 e. The van der Waals surface area contributed by atoms with E-state index in [-0.39, 0.29) is 0 Å². The van der Waals surface area contributed by atoms with Gasteiger partial charge in [-0.1, -0.05) is 48.8 Å². The van der Waals surface area contributed by atoms with Gasteiger partial charge in [0.15, 0.2) is 0 Å². The zero-order chi connectivity index (χ0) is 22.1. The van der Waals surface area contributed by atoms with E-state index in [1.807, 2.05) is 0 Å². The van der Waals surface area contributed by atoms with Gasteiger partial charge in [-0.05, 0) is 59.3 Å². The summed E-state index contributed by atoms with van der Waals surface area (Å²) in [6.07, 6.45) is 14.3. The van der Waals surface area contributed by atoms with Crippen LogP contribution in [0, 0.1) is 0 Å². The van der Waals surface area contributed by atoms with Crippen LogP contribution in [0.1, 0.15) is 73.1 Å². The molecule has 8 nitrogen and oxygen atoms in total. The van der Waals surface area contributed by atoms with Crippen molar-refractivity contribution in [1.82, 2.24) is 0 Å². The highest BCUT2D eigenvalue weighted by Gasteiger charge is 2.00. The van der Waals surface area contributed by atoms with Gasteiger partial charge in [-0.15, -0.1) is 0 Å². The van der Waals surface area contributed by atoms with Gasteiger partial charge in [0.2, 0.25) is 0 Å². The molecule has 0 saturated carbocycles. The Morgan fingerprint density at radius 2 is 1.07 bits per heavy atom. The molecule has 27 heavy (non-hydrogen) atoms. The third-order valence-electron chi connectivity index (χ3n) is 3.23. The minimum absolute atomic E-state index is 1.20. The molecule has 0 aliphatic heterocycles. The molecule has 162 valence electrons. The number of hydrogen-bond donors (Lipinski definition) is 6. The Labute approximate surface area is 162 Å². The predicted molar refractivity (Wildman–Crippen MR) is 109 cm³/mol. The molecule has 6 N–H and O–H groups in total. The van der Waals surface area contributed by atoms with Gasteiger partial charge < -0.3 is 29.4 Å². The largest absolute Gasteiger partial charge is 0.466 e. The third-order valence-corrected chi connectivity index (χ3v) is 3.23. The standard InChI is InChI=1S/C17H30.2H3O4P/c1-6-16(7-2)12-10-14-17(8-3)13-9-11-15(4)5;2*1-5(2,3)4/h6,11,14H,7-10,12-13H2,1-5H3;2*(H3,1,2,3,4). The van der Waals surface area contributed by atoms with E-state index in [1.165, 1.54) is 44.1 Å². The van der Waals surface area contributed by atoms with E-state index >= 15 is 0 Å². The zero-order valence-electron chi connectivity index (χ0n) is 16.9. The molecule has 0 aromatic heterocycles. The molecule has 0 aliphatic rings. The molecule has 0 bridgehead atoms. The summed E-state index contributed by atoms with van der Waals surface area (Å²) < 4.78 is 17.8. The van der Waals surface area contributed by atoms with E-state index in [0.29, 0.717) is 0 Å². The maximum Gasteiger partial charge on any atom is 0.466 e. The fourth-order valence-electron chi connectivity index (χ4n) is 1.96. The van der Waals surface area contributed by atoms with Crippen LogP contribution in [0.5, 0.6) is 0 Å². The molecule has 10 heteroatoms. The first-order valence-electron chi connectivity index (χ1n) is 8.65. The van der Waals surface area contributed by atoms with Gasteiger partial charge in [0.25, 0.3) is 0 Å². The molecule has 0 amide bonds. The predicted octanol–water partition coefficient (Wildman–Crippen LogP) is 4.35. The lowest BCUT2D eigenvalue weighted by atomic mass is 10.0. The average Bonchev–Trinajstić information content (AvgIpc) is 2.46. The van der Waals surface area contributed by atoms with Crippen LogP contribution in [0.25, 0.3) is 0 Å². The van der Waals surface area contributed by atoms with Crippen LogP contribution in [-0.2, 0) is 9.13 Å². The van der Waals surface area contributed by atoms with Crippen LogP contribution in [0.4, 0.5) is 0 Å². The first-order valence-corrected chi connectivity index (χ1v) is 11.8. The summed E-state index contributed by atoms with van der Waals surface area (Å²) in [6.45, 7) is 11.0. The lowest BCUT2D eigenvalue weighted by molar-refractivity contribution is 0.272. The summed E-state index contributed by atoms with van der Waals surface area (Å²) >= 11 is 0. The highest BCUT2D eigenvalue weighted by Crippen LogP contribution is 2.26. The van der Waals surface area contributed by atoms with E-state index < -0.39 is 15.6 Å². The van der Waals surface area contributed by atoms with Crippen molar-refractivity contribution in [3.05, 3.63) is 34.9 Å². The van der Waals surface area contributed by atoms with E-state index in [0.717, 1.165) is 0 Å². The number of rotatable bonds is 8. The molecule has 0 aromatic carbocycles. The Bertz CT molecular complexity index is 515. The van der Waals surface area contributed by atoms with Crippen LogP contribution in [0.15, 0.2) is 34.9 Å². The van der Waals surface area contributed by atoms with Crippen LogP contribution >= 0.6 is 15.6 Å². The highest BCUT2D eigenvalue weighted by molar-refractivity contribution is 7.45. The topological polar surface area (TPSA) is 156 Å². The van der Waals surface area contributed by atoms with Gasteiger partial charge in [-0.25, -0.2) is 9.13 Å². The molecule has 0 rings (SSSR count). The summed E-state index contributed by atoms with van der Waals surface area (Å²) in [5.41, 5.74) is 4.64. The average molecular weight is 430 g/mol. The molecule has 0 unspecified atom stereocenters. The first-order chi connectivity index (χ1) is 12.1. The Balaban J connectivity index is -0.000000471. The minimum Gasteiger partial charge on any atom is -0.303 e.